The molecular weight excluding hydrogens is 340 g/mol. The summed E-state index contributed by atoms with van der Waals surface area (Å²) in [7, 11) is 0. The van der Waals surface area contributed by atoms with E-state index in [-0.39, 0.29) is 17.3 Å². The number of carbonyl (C=O) groups is 1. The number of nitrogens with zero attached hydrogens (tertiary/aromatic N) is 4. The van der Waals surface area contributed by atoms with Crippen molar-refractivity contribution in [3.63, 3.8) is 0 Å². The monoisotopic (exact) mass is 362 g/mol. The van der Waals surface area contributed by atoms with Gasteiger partial charge in [0.1, 0.15) is 5.69 Å². The molecule has 0 aromatic heterocycles. The van der Waals surface area contributed by atoms with Crippen LogP contribution in [0.15, 0.2) is 18.2 Å². The van der Waals surface area contributed by atoms with E-state index in [1.165, 1.54) is 12.1 Å². The Morgan fingerprint density at radius 2 is 1.77 bits per heavy atom. The van der Waals surface area contributed by atoms with E-state index >= 15 is 0 Å². The summed E-state index contributed by atoms with van der Waals surface area (Å²) in [4.78, 5) is 36.8. The highest BCUT2D eigenvalue weighted by molar-refractivity contribution is 5.76. The summed E-state index contributed by atoms with van der Waals surface area (Å²) in [5.41, 5.74) is -0.0871. The first kappa shape index (κ1) is 18.1. The van der Waals surface area contributed by atoms with E-state index in [1.807, 2.05) is 9.80 Å². The van der Waals surface area contributed by atoms with Crippen LogP contribution >= 0.6 is 0 Å². The number of piperidine rings is 2. The molecule has 1 aromatic carbocycles. The number of nitro groups is 2. The Morgan fingerprint density at radius 3 is 2.38 bits per heavy atom. The number of hydrogen-bond donors (Lipinski definition) is 0. The fourth-order valence-corrected chi connectivity index (χ4v) is 3.76. The lowest BCUT2D eigenvalue weighted by Gasteiger charge is -2.36. The molecule has 0 spiro atoms. The number of amides is 1. The van der Waals surface area contributed by atoms with Gasteiger partial charge in [-0.3, -0.25) is 25.0 Å². The van der Waals surface area contributed by atoms with Crippen LogP contribution in [-0.2, 0) is 4.79 Å². The minimum atomic E-state index is -0.626. The third-order valence-corrected chi connectivity index (χ3v) is 5.22. The van der Waals surface area contributed by atoms with Gasteiger partial charge >= 0.3 is 0 Å². The molecule has 0 bridgehead atoms. The third kappa shape index (κ3) is 3.92. The minimum Gasteiger partial charge on any atom is -0.366 e. The van der Waals surface area contributed by atoms with E-state index in [2.05, 4.69) is 0 Å². The normalized spacial score (nSPS) is 18.8. The van der Waals surface area contributed by atoms with Gasteiger partial charge in [0, 0.05) is 38.7 Å². The topological polar surface area (TPSA) is 110 Å². The van der Waals surface area contributed by atoms with E-state index in [0.29, 0.717) is 31.1 Å². The first-order valence-corrected chi connectivity index (χ1v) is 8.91. The van der Waals surface area contributed by atoms with Crippen molar-refractivity contribution in [1.29, 1.82) is 0 Å². The molecule has 0 aliphatic carbocycles. The second kappa shape index (κ2) is 7.67. The van der Waals surface area contributed by atoms with Crippen LogP contribution in [0.3, 0.4) is 0 Å². The number of rotatable bonds is 5. The van der Waals surface area contributed by atoms with E-state index in [1.54, 1.807) is 0 Å². The molecule has 0 saturated carbocycles. The van der Waals surface area contributed by atoms with Gasteiger partial charge in [-0.05, 0) is 37.7 Å². The predicted molar refractivity (Wildman–Crippen MR) is 95.1 cm³/mol. The van der Waals surface area contributed by atoms with Crippen molar-refractivity contribution in [1.82, 2.24) is 4.90 Å². The summed E-state index contributed by atoms with van der Waals surface area (Å²) in [6, 6.07) is 3.79. The molecule has 3 rings (SSSR count). The van der Waals surface area contributed by atoms with Gasteiger partial charge in [0.2, 0.25) is 5.91 Å². The molecule has 2 heterocycles. The maximum absolute atomic E-state index is 11.9. The second-order valence-electron chi connectivity index (χ2n) is 6.91. The minimum absolute atomic E-state index is 0.227. The van der Waals surface area contributed by atoms with Crippen molar-refractivity contribution in [3.05, 3.63) is 38.4 Å². The smallest absolute Gasteiger partial charge is 0.299 e. The van der Waals surface area contributed by atoms with Crippen molar-refractivity contribution in [2.24, 2.45) is 5.92 Å². The van der Waals surface area contributed by atoms with E-state index < -0.39 is 9.85 Å². The lowest BCUT2D eigenvalue weighted by Crippen LogP contribution is -2.42. The Labute approximate surface area is 150 Å². The van der Waals surface area contributed by atoms with Crippen molar-refractivity contribution >= 4 is 23.0 Å². The van der Waals surface area contributed by atoms with Gasteiger partial charge in [-0.1, -0.05) is 0 Å². The van der Waals surface area contributed by atoms with E-state index in [9.17, 15) is 25.0 Å². The fraction of sp³-hybridized carbons (Fsp3) is 0.588. The molecule has 26 heavy (non-hydrogen) atoms. The van der Waals surface area contributed by atoms with E-state index in [0.717, 1.165) is 44.8 Å². The van der Waals surface area contributed by atoms with Crippen LogP contribution in [0.25, 0.3) is 0 Å². The van der Waals surface area contributed by atoms with Crippen LogP contribution in [-0.4, -0.2) is 46.8 Å². The zero-order chi connectivity index (χ0) is 18.7. The molecule has 1 aromatic rings. The van der Waals surface area contributed by atoms with Gasteiger partial charge < -0.3 is 9.80 Å². The summed E-state index contributed by atoms with van der Waals surface area (Å²) in [6.07, 6.45) is 4.35. The Bertz CT molecular complexity index is 715. The van der Waals surface area contributed by atoms with Gasteiger partial charge in [-0.15, -0.1) is 0 Å². The highest BCUT2D eigenvalue weighted by atomic mass is 16.6. The number of anilines is 1. The molecule has 2 aliphatic rings. The van der Waals surface area contributed by atoms with Crippen LogP contribution in [0.4, 0.5) is 17.1 Å². The largest absolute Gasteiger partial charge is 0.366 e. The Morgan fingerprint density at radius 1 is 1.04 bits per heavy atom. The molecule has 0 unspecified atom stereocenters. The quantitative estimate of drug-likeness (QED) is 0.588. The molecule has 2 aliphatic heterocycles. The zero-order valence-electron chi connectivity index (χ0n) is 14.5. The van der Waals surface area contributed by atoms with Gasteiger partial charge in [0.25, 0.3) is 11.4 Å². The third-order valence-electron chi connectivity index (χ3n) is 5.22. The number of benzene rings is 1. The summed E-state index contributed by atoms with van der Waals surface area (Å²) in [5, 5.41) is 22.2. The van der Waals surface area contributed by atoms with Gasteiger partial charge in [-0.2, -0.15) is 0 Å². The predicted octanol–water partition coefficient (Wildman–Crippen LogP) is 2.73. The SMILES string of the molecule is O=C1CCCCN1CC1CCN(c2ccc([N+](=O)[O-])cc2[N+](=O)[O-])CC1. The van der Waals surface area contributed by atoms with Crippen molar-refractivity contribution in [3.8, 4) is 0 Å². The average Bonchev–Trinajstić information content (AvgIpc) is 2.63. The zero-order valence-corrected chi connectivity index (χ0v) is 14.5. The van der Waals surface area contributed by atoms with Crippen molar-refractivity contribution in [2.75, 3.05) is 31.1 Å². The Hall–Kier alpha value is -2.71. The first-order chi connectivity index (χ1) is 12.5. The summed E-state index contributed by atoms with van der Waals surface area (Å²) >= 11 is 0. The van der Waals surface area contributed by atoms with Gasteiger partial charge in [0.15, 0.2) is 0 Å². The molecular formula is C17H22N4O5. The second-order valence-corrected chi connectivity index (χ2v) is 6.91. The number of hydrogen-bond acceptors (Lipinski definition) is 6. The number of carbonyl (C=O) groups excluding carboxylic acids is 1. The van der Waals surface area contributed by atoms with Crippen LogP contribution < -0.4 is 4.90 Å². The van der Waals surface area contributed by atoms with Crippen molar-refractivity contribution < 1.29 is 14.6 Å². The summed E-state index contributed by atoms with van der Waals surface area (Å²) < 4.78 is 0. The Balaban J connectivity index is 1.65. The standard InChI is InChI=1S/C17H22N4O5/c22-17-3-1-2-8-19(17)12-13-6-9-18(10-7-13)15-5-4-14(20(23)24)11-16(15)21(25)26/h4-5,11,13H,1-3,6-10,12H2. The molecule has 9 nitrogen and oxygen atoms in total. The average molecular weight is 362 g/mol. The number of nitro benzene ring substituents is 2. The van der Waals surface area contributed by atoms with Crippen LogP contribution in [0, 0.1) is 26.1 Å². The van der Waals surface area contributed by atoms with Gasteiger partial charge in [0.05, 0.1) is 15.9 Å². The number of likely N-dealkylation sites (tertiary alicyclic amines) is 1. The lowest BCUT2D eigenvalue weighted by atomic mass is 9.94. The van der Waals surface area contributed by atoms with Crippen LogP contribution in [0.2, 0.25) is 0 Å². The molecule has 2 fully saturated rings. The molecule has 9 heteroatoms. The van der Waals surface area contributed by atoms with Crippen LogP contribution in [0.1, 0.15) is 32.1 Å². The number of non-ortho nitro benzene ring substituents is 1. The molecule has 0 N–H and O–H groups in total. The fourth-order valence-electron chi connectivity index (χ4n) is 3.76. The molecule has 140 valence electrons. The van der Waals surface area contributed by atoms with Crippen LogP contribution in [0.5, 0.6) is 0 Å². The first-order valence-electron chi connectivity index (χ1n) is 8.91. The maximum atomic E-state index is 11.9. The summed E-state index contributed by atoms with van der Waals surface area (Å²) in [5.74, 6) is 0.620. The molecule has 0 radical (unpaired) electrons. The van der Waals surface area contributed by atoms with E-state index in [4.69, 9.17) is 0 Å². The Kier molecular flexibility index (Phi) is 5.34. The van der Waals surface area contributed by atoms with Gasteiger partial charge in [-0.25, -0.2) is 0 Å². The van der Waals surface area contributed by atoms with Crippen molar-refractivity contribution in [2.45, 2.75) is 32.1 Å². The molecule has 1 amide bonds. The molecule has 2 saturated heterocycles. The maximum Gasteiger partial charge on any atom is 0.299 e. The summed E-state index contributed by atoms with van der Waals surface area (Å²) in [6.45, 7) is 2.87. The highest BCUT2D eigenvalue weighted by Crippen LogP contribution is 2.34. The highest BCUT2D eigenvalue weighted by Gasteiger charge is 2.29. The lowest BCUT2D eigenvalue weighted by molar-refractivity contribution is -0.393. The molecule has 0 atom stereocenters.